The average molecular weight is 268 g/mol. The van der Waals surface area contributed by atoms with Crippen molar-refractivity contribution >= 4 is 34.9 Å². The summed E-state index contributed by atoms with van der Waals surface area (Å²) in [5, 5.41) is 15.6. The first-order valence-corrected chi connectivity index (χ1v) is 5.91. The fraction of sp³-hybridized carbons (Fsp3) is 0.0667. The molecule has 1 N–H and O–H groups in total. The molecule has 99 valence electrons. The molecule has 0 atom stereocenters. The van der Waals surface area contributed by atoms with E-state index >= 15 is 0 Å². The predicted octanol–water partition coefficient (Wildman–Crippen LogP) is 0.210. The van der Waals surface area contributed by atoms with E-state index < -0.39 is 11.9 Å². The SMILES string of the molecule is COc1ccc2c(C(=O)O)cc3c(c2c1)=C[N]C(=O)C=3. The minimum atomic E-state index is -1.04. The highest BCUT2D eigenvalue weighted by Crippen LogP contribution is 2.20. The number of carbonyl (C=O) groups excluding carboxylic acids is 1. The third kappa shape index (κ3) is 1.80. The molecule has 5 heteroatoms. The summed E-state index contributed by atoms with van der Waals surface area (Å²) in [7, 11) is 1.54. The molecule has 5 nitrogen and oxygen atoms in total. The molecule has 3 rings (SSSR count). The van der Waals surface area contributed by atoms with Gasteiger partial charge in [-0.2, -0.15) is 0 Å². The second kappa shape index (κ2) is 4.38. The molecule has 0 bridgehead atoms. The van der Waals surface area contributed by atoms with E-state index in [4.69, 9.17) is 4.74 Å². The van der Waals surface area contributed by atoms with E-state index in [0.717, 1.165) is 5.22 Å². The maximum atomic E-state index is 11.4. The molecule has 0 saturated heterocycles. The Labute approximate surface area is 113 Å². The molecule has 0 saturated carbocycles. The van der Waals surface area contributed by atoms with E-state index in [-0.39, 0.29) is 5.56 Å². The van der Waals surface area contributed by atoms with Crippen LogP contribution < -0.4 is 20.5 Å². The summed E-state index contributed by atoms with van der Waals surface area (Å²) in [4.78, 5) is 22.7. The van der Waals surface area contributed by atoms with Crippen LogP contribution in [0, 0.1) is 0 Å². The number of methoxy groups -OCH3 is 1. The fourth-order valence-corrected chi connectivity index (χ4v) is 2.31. The highest BCUT2D eigenvalue weighted by atomic mass is 16.5. The lowest BCUT2D eigenvalue weighted by Crippen LogP contribution is -2.34. The molecule has 0 aromatic heterocycles. The minimum Gasteiger partial charge on any atom is -0.497 e. The average Bonchev–Trinajstić information content (AvgIpc) is 2.45. The van der Waals surface area contributed by atoms with Gasteiger partial charge in [0.1, 0.15) is 5.75 Å². The van der Waals surface area contributed by atoms with Gasteiger partial charge >= 0.3 is 5.97 Å². The number of amides is 1. The quantitative estimate of drug-likeness (QED) is 0.844. The van der Waals surface area contributed by atoms with Crippen LogP contribution in [0.1, 0.15) is 10.4 Å². The van der Waals surface area contributed by atoms with Crippen molar-refractivity contribution in [3.63, 3.8) is 0 Å². The Morgan fingerprint density at radius 1 is 1.25 bits per heavy atom. The molecular formula is C15H10NO4. The molecule has 2 aromatic carbocycles. The maximum Gasteiger partial charge on any atom is 0.336 e. The van der Waals surface area contributed by atoms with Crippen molar-refractivity contribution in [2.75, 3.05) is 7.11 Å². The number of carboxylic acid groups (broad SMARTS) is 1. The van der Waals surface area contributed by atoms with Gasteiger partial charge in [0.05, 0.1) is 12.7 Å². The molecule has 20 heavy (non-hydrogen) atoms. The van der Waals surface area contributed by atoms with Gasteiger partial charge in [0, 0.05) is 17.5 Å². The standard InChI is InChI=1S/C15H10NO4/c1-20-9-2-3-10-11(6-9)13-7-16-14(17)5-8(13)4-12(10)15(18)19/h2-7H,1H3,(H,18,19). The molecule has 0 unspecified atom stereocenters. The number of carbonyl (C=O) groups is 2. The van der Waals surface area contributed by atoms with Crippen LogP contribution in [0.25, 0.3) is 23.0 Å². The normalized spacial score (nSPS) is 12.9. The van der Waals surface area contributed by atoms with Crippen molar-refractivity contribution < 1.29 is 19.4 Å². The predicted molar refractivity (Wildman–Crippen MR) is 72.8 cm³/mol. The van der Waals surface area contributed by atoms with E-state index in [1.807, 2.05) is 0 Å². The fourth-order valence-electron chi connectivity index (χ4n) is 2.31. The summed E-state index contributed by atoms with van der Waals surface area (Å²) in [5.74, 6) is -0.810. The number of hydrogen-bond donors (Lipinski definition) is 1. The Kier molecular flexibility index (Phi) is 2.68. The van der Waals surface area contributed by atoms with Crippen LogP contribution >= 0.6 is 0 Å². The molecule has 1 aliphatic heterocycles. The number of nitrogens with zero attached hydrogens (tertiary/aromatic N) is 1. The summed E-state index contributed by atoms with van der Waals surface area (Å²) in [6.07, 6.45) is 2.80. The van der Waals surface area contributed by atoms with Crippen molar-refractivity contribution in [3.05, 3.63) is 40.3 Å². The van der Waals surface area contributed by atoms with Crippen LogP contribution in [0.15, 0.2) is 24.3 Å². The van der Waals surface area contributed by atoms with Crippen LogP contribution in [0.4, 0.5) is 0 Å². The van der Waals surface area contributed by atoms with Gasteiger partial charge < -0.3 is 9.84 Å². The summed E-state index contributed by atoms with van der Waals surface area (Å²) in [6, 6.07) is 6.64. The van der Waals surface area contributed by atoms with Crippen molar-refractivity contribution in [2.45, 2.75) is 0 Å². The molecule has 1 aliphatic rings. The number of carboxylic acids is 1. The smallest absolute Gasteiger partial charge is 0.336 e. The number of rotatable bonds is 2. The van der Waals surface area contributed by atoms with Crippen LogP contribution in [0.3, 0.4) is 0 Å². The van der Waals surface area contributed by atoms with Gasteiger partial charge in [0.2, 0.25) is 0 Å². The first-order valence-electron chi connectivity index (χ1n) is 5.91. The number of benzene rings is 2. The van der Waals surface area contributed by atoms with Crippen molar-refractivity contribution in [1.82, 2.24) is 5.32 Å². The molecule has 1 radical (unpaired) electrons. The van der Waals surface area contributed by atoms with Crippen LogP contribution in [0.2, 0.25) is 0 Å². The van der Waals surface area contributed by atoms with Gasteiger partial charge in [0.25, 0.3) is 5.91 Å². The van der Waals surface area contributed by atoms with Gasteiger partial charge in [-0.1, -0.05) is 0 Å². The highest BCUT2D eigenvalue weighted by molar-refractivity contribution is 6.10. The van der Waals surface area contributed by atoms with E-state index in [2.05, 4.69) is 5.32 Å². The lowest BCUT2D eigenvalue weighted by atomic mass is 9.99. The van der Waals surface area contributed by atoms with Crippen LogP contribution in [-0.2, 0) is 4.79 Å². The highest BCUT2D eigenvalue weighted by Gasteiger charge is 2.14. The van der Waals surface area contributed by atoms with Crippen molar-refractivity contribution in [1.29, 1.82) is 0 Å². The Morgan fingerprint density at radius 3 is 2.75 bits per heavy atom. The van der Waals surface area contributed by atoms with Gasteiger partial charge in [-0.15, -0.1) is 0 Å². The summed E-state index contributed by atoms with van der Waals surface area (Å²) in [5.41, 5.74) is 0.153. The second-order valence-corrected chi connectivity index (χ2v) is 4.38. The first kappa shape index (κ1) is 12.2. The van der Waals surface area contributed by atoms with Gasteiger partial charge in [-0.3, -0.25) is 4.79 Å². The van der Waals surface area contributed by atoms with Gasteiger partial charge in [-0.25, -0.2) is 10.1 Å². The van der Waals surface area contributed by atoms with E-state index in [0.29, 0.717) is 21.7 Å². The van der Waals surface area contributed by atoms with Crippen LogP contribution in [-0.4, -0.2) is 24.1 Å². The van der Waals surface area contributed by atoms with E-state index in [1.165, 1.54) is 18.3 Å². The zero-order chi connectivity index (χ0) is 14.3. The number of aromatic carboxylic acids is 1. The Morgan fingerprint density at radius 2 is 2.05 bits per heavy atom. The molecule has 0 spiro atoms. The summed E-state index contributed by atoms with van der Waals surface area (Å²) < 4.78 is 5.17. The molecule has 1 amide bonds. The largest absolute Gasteiger partial charge is 0.497 e. The number of fused-ring (bicyclic) bond motifs is 3. The molecule has 2 aromatic rings. The topological polar surface area (TPSA) is 77.7 Å². The molecule has 1 heterocycles. The van der Waals surface area contributed by atoms with Crippen LogP contribution in [0.5, 0.6) is 5.75 Å². The number of ether oxygens (including phenoxy) is 1. The Balaban J connectivity index is 2.53. The maximum absolute atomic E-state index is 11.4. The molecule has 0 fully saturated rings. The number of hydrogen-bond acceptors (Lipinski definition) is 3. The monoisotopic (exact) mass is 268 g/mol. The Bertz CT molecular complexity index is 868. The summed E-state index contributed by atoms with van der Waals surface area (Å²) >= 11 is 0. The van der Waals surface area contributed by atoms with Gasteiger partial charge in [-0.05, 0) is 40.3 Å². The van der Waals surface area contributed by atoms with Gasteiger partial charge in [0.15, 0.2) is 0 Å². The third-order valence-corrected chi connectivity index (χ3v) is 3.25. The van der Waals surface area contributed by atoms with Crippen molar-refractivity contribution in [3.8, 4) is 5.75 Å². The zero-order valence-electron chi connectivity index (χ0n) is 10.6. The third-order valence-electron chi connectivity index (χ3n) is 3.25. The summed E-state index contributed by atoms with van der Waals surface area (Å²) in [6.45, 7) is 0. The van der Waals surface area contributed by atoms with E-state index in [9.17, 15) is 14.7 Å². The first-order chi connectivity index (χ1) is 9.60. The molecule has 0 aliphatic carbocycles. The minimum absolute atomic E-state index is 0.153. The van der Waals surface area contributed by atoms with Crippen molar-refractivity contribution in [2.24, 2.45) is 0 Å². The lowest BCUT2D eigenvalue weighted by Gasteiger charge is -2.09. The molecular weight excluding hydrogens is 258 g/mol. The lowest BCUT2D eigenvalue weighted by molar-refractivity contribution is -0.114. The second-order valence-electron chi connectivity index (χ2n) is 4.38. The zero-order valence-corrected chi connectivity index (χ0v) is 10.6. The Hall–Kier alpha value is -2.82. The van der Waals surface area contributed by atoms with E-state index in [1.54, 1.807) is 25.3 Å².